The van der Waals surface area contributed by atoms with Gasteiger partial charge in [-0.15, -0.1) is 0 Å². The molecular weight excluding hydrogens is 398 g/mol. The van der Waals surface area contributed by atoms with Gasteiger partial charge in [-0.25, -0.2) is 4.68 Å². The van der Waals surface area contributed by atoms with Gasteiger partial charge in [-0.05, 0) is 43.7 Å². The minimum atomic E-state index is -0.0937. The second kappa shape index (κ2) is 8.35. The largest absolute Gasteiger partial charge is 0.494 e. The van der Waals surface area contributed by atoms with Gasteiger partial charge in [0.05, 0.1) is 18.0 Å². The number of fused-ring (bicyclic) bond motifs is 1. The molecule has 0 spiro atoms. The lowest BCUT2D eigenvalue weighted by Crippen LogP contribution is -2.24. The first-order valence-corrected chi connectivity index (χ1v) is 10.9. The van der Waals surface area contributed by atoms with Crippen LogP contribution in [0.15, 0.2) is 78.9 Å². The maximum atomic E-state index is 12.8. The number of hydrogen-bond acceptors (Lipinski definition) is 3. The molecule has 1 aliphatic heterocycles. The third kappa shape index (κ3) is 3.66. The molecule has 0 bridgehead atoms. The minimum Gasteiger partial charge on any atom is -0.494 e. The van der Waals surface area contributed by atoms with Crippen LogP contribution in [0.3, 0.4) is 0 Å². The Balaban J connectivity index is 1.70. The normalized spacial score (nSPS) is 15.2. The number of hydrogen-bond donors (Lipinski definition) is 1. The van der Waals surface area contributed by atoms with Gasteiger partial charge >= 0.3 is 0 Å². The topological polar surface area (TPSA) is 56.1 Å². The SMILES string of the molecule is CCOc1ccc([C@H]2CC(=O)Nc3c2c(-c2ccccc2)nn3-c2ccc(C)cc2)cc1. The fourth-order valence-corrected chi connectivity index (χ4v) is 4.28. The van der Waals surface area contributed by atoms with Crippen LogP contribution in [0.1, 0.15) is 36.0 Å². The Morgan fingerprint density at radius 3 is 2.41 bits per heavy atom. The fourth-order valence-electron chi connectivity index (χ4n) is 4.28. The zero-order valence-corrected chi connectivity index (χ0v) is 18.2. The molecule has 5 nitrogen and oxygen atoms in total. The monoisotopic (exact) mass is 423 g/mol. The van der Waals surface area contributed by atoms with Crippen molar-refractivity contribution in [2.75, 3.05) is 11.9 Å². The number of aryl methyl sites for hydroxylation is 1. The van der Waals surface area contributed by atoms with Crippen molar-refractivity contribution in [1.82, 2.24) is 9.78 Å². The molecule has 0 unspecified atom stereocenters. The highest BCUT2D eigenvalue weighted by Crippen LogP contribution is 2.44. The Morgan fingerprint density at radius 2 is 1.72 bits per heavy atom. The van der Waals surface area contributed by atoms with Crippen molar-refractivity contribution in [3.8, 4) is 22.7 Å². The van der Waals surface area contributed by atoms with Gasteiger partial charge < -0.3 is 10.1 Å². The molecule has 3 aromatic carbocycles. The van der Waals surface area contributed by atoms with E-state index in [4.69, 9.17) is 9.84 Å². The van der Waals surface area contributed by atoms with E-state index < -0.39 is 0 Å². The summed E-state index contributed by atoms with van der Waals surface area (Å²) in [5.74, 6) is 1.46. The van der Waals surface area contributed by atoms with Crippen molar-refractivity contribution >= 4 is 11.7 Å². The van der Waals surface area contributed by atoms with E-state index in [-0.39, 0.29) is 11.8 Å². The van der Waals surface area contributed by atoms with E-state index in [1.54, 1.807) is 0 Å². The van der Waals surface area contributed by atoms with Crippen LogP contribution < -0.4 is 10.1 Å². The number of ether oxygens (including phenoxy) is 1. The lowest BCUT2D eigenvalue weighted by atomic mass is 9.84. The molecule has 1 aromatic heterocycles. The highest BCUT2D eigenvalue weighted by Gasteiger charge is 2.34. The van der Waals surface area contributed by atoms with E-state index in [9.17, 15) is 4.79 Å². The fraction of sp³-hybridized carbons (Fsp3) is 0.185. The van der Waals surface area contributed by atoms with Crippen LogP contribution >= 0.6 is 0 Å². The van der Waals surface area contributed by atoms with Crippen LogP contribution in [0, 0.1) is 6.92 Å². The number of carbonyl (C=O) groups excluding carboxylic acids is 1. The average Bonchev–Trinajstić information content (AvgIpc) is 3.20. The van der Waals surface area contributed by atoms with Gasteiger partial charge in [0.25, 0.3) is 0 Å². The Hall–Kier alpha value is -3.86. The molecule has 1 N–H and O–H groups in total. The summed E-state index contributed by atoms with van der Waals surface area (Å²) < 4.78 is 7.46. The van der Waals surface area contributed by atoms with Crippen molar-refractivity contribution in [3.05, 3.63) is 95.6 Å². The van der Waals surface area contributed by atoms with Gasteiger partial charge in [0, 0.05) is 23.5 Å². The van der Waals surface area contributed by atoms with Gasteiger partial charge in [-0.2, -0.15) is 5.10 Å². The first-order chi connectivity index (χ1) is 15.6. The molecular formula is C27H25N3O2. The first kappa shape index (κ1) is 20.1. The van der Waals surface area contributed by atoms with Crippen LogP contribution in [0.25, 0.3) is 16.9 Å². The van der Waals surface area contributed by atoms with Gasteiger partial charge in [0.15, 0.2) is 0 Å². The van der Waals surface area contributed by atoms with Crippen LogP contribution in [0.5, 0.6) is 5.75 Å². The number of amides is 1. The number of anilines is 1. The molecule has 1 atom stereocenters. The predicted molar refractivity (Wildman–Crippen MR) is 126 cm³/mol. The first-order valence-electron chi connectivity index (χ1n) is 10.9. The van der Waals surface area contributed by atoms with E-state index in [1.807, 2.05) is 54.1 Å². The second-order valence-electron chi connectivity index (χ2n) is 8.03. The molecule has 0 aliphatic carbocycles. The molecule has 160 valence electrons. The predicted octanol–water partition coefficient (Wildman–Crippen LogP) is 5.72. The Labute approximate surface area is 187 Å². The minimum absolute atomic E-state index is 0.00995. The quantitative estimate of drug-likeness (QED) is 0.447. The van der Waals surface area contributed by atoms with Gasteiger partial charge in [0.1, 0.15) is 11.6 Å². The number of aromatic nitrogens is 2. The lowest BCUT2D eigenvalue weighted by molar-refractivity contribution is -0.116. The van der Waals surface area contributed by atoms with Crippen molar-refractivity contribution in [2.24, 2.45) is 0 Å². The molecule has 2 heterocycles. The third-order valence-electron chi connectivity index (χ3n) is 5.84. The molecule has 4 aromatic rings. The number of benzene rings is 3. The van der Waals surface area contributed by atoms with Crippen molar-refractivity contribution in [2.45, 2.75) is 26.2 Å². The average molecular weight is 424 g/mol. The molecule has 0 saturated carbocycles. The van der Waals surface area contributed by atoms with Crippen LogP contribution in [-0.4, -0.2) is 22.3 Å². The van der Waals surface area contributed by atoms with Crippen molar-refractivity contribution in [3.63, 3.8) is 0 Å². The highest BCUT2D eigenvalue weighted by atomic mass is 16.5. The van der Waals surface area contributed by atoms with E-state index in [0.717, 1.165) is 39.6 Å². The van der Waals surface area contributed by atoms with E-state index >= 15 is 0 Å². The summed E-state index contributed by atoms with van der Waals surface area (Å²) >= 11 is 0. The number of nitrogens with zero attached hydrogens (tertiary/aromatic N) is 2. The van der Waals surface area contributed by atoms with E-state index in [1.165, 1.54) is 5.56 Å². The molecule has 5 rings (SSSR count). The molecule has 0 fully saturated rings. The smallest absolute Gasteiger partial charge is 0.226 e. The summed E-state index contributed by atoms with van der Waals surface area (Å²) in [6.45, 7) is 4.65. The molecule has 0 radical (unpaired) electrons. The number of nitrogens with one attached hydrogen (secondary N) is 1. The summed E-state index contributed by atoms with van der Waals surface area (Å²) in [5.41, 5.74) is 6.13. The summed E-state index contributed by atoms with van der Waals surface area (Å²) in [6.07, 6.45) is 0.375. The summed E-state index contributed by atoms with van der Waals surface area (Å²) in [5, 5.41) is 8.10. The van der Waals surface area contributed by atoms with Gasteiger partial charge in [-0.3, -0.25) is 4.79 Å². The number of rotatable bonds is 5. The standard InChI is InChI=1S/C27H25N3O2/c1-3-32-22-15-11-19(12-16-22)23-17-24(31)28-27-25(23)26(20-7-5-4-6-8-20)29-30(27)21-13-9-18(2)10-14-21/h4-16,23H,3,17H2,1-2H3,(H,28,31)/t23-/m1/s1. The number of carbonyl (C=O) groups is 1. The van der Waals surface area contributed by atoms with E-state index in [2.05, 4.69) is 48.6 Å². The van der Waals surface area contributed by atoms with Crippen molar-refractivity contribution < 1.29 is 9.53 Å². The molecule has 1 aliphatic rings. The molecule has 0 saturated heterocycles. The Bertz CT molecular complexity index is 1240. The van der Waals surface area contributed by atoms with Gasteiger partial charge in [0.2, 0.25) is 5.91 Å². The second-order valence-corrected chi connectivity index (χ2v) is 8.03. The molecule has 5 heteroatoms. The van der Waals surface area contributed by atoms with Crippen LogP contribution in [-0.2, 0) is 4.79 Å². The maximum absolute atomic E-state index is 12.8. The van der Waals surface area contributed by atoms with Gasteiger partial charge in [-0.1, -0.05) is 60.2 Å². The third-order valence-corrected chi connectivity index (χ3v) is 5.84. The van der Waals surface area contributed by atoms with Crippen LogP contribution in [0.2, 0.25) is 0 Å². The molecule has 32 heavy (non-hydrogen) atoms. The lowest BCUT2D eigenvalue weighted by Gasteiger charge is -2.25. The Kier molecular flexibility index (Phi) is 5.23. The summed E-state index contributed by atoms with van der Waals surface area (Å²) in [4.78, 5) is 12.8. The zero-order chi connectivity index (χ0) is 22.1. The highest BCUT2D eigenvalue weighted by molar-refractivity contribution is 5.96. The van der Waals surface area contributed by atoms with Crippen molar-refractivity contribution in [1.29, 1.82) is 0 Å². The van der Waals surface area contributed by atoms with Crippen LogP contribution in [0.4, 0.5) is 5.82 Å². The summed E-state index contributed by atoms with van der Waals surface area (Å²) in [6, 6.07) is 26.4. The molecule has 1 amide bonds. The zero-order valence-electron chi connectivity index (χ0n) is 18.2. The maximum Gasteiger partial charge on any atom is 0.226 e. The van der Waals surface area contributed by atoms with E-state index in [0.29, 0.717) is 13.0 Å². The summed E-state index contributed by atoms with van der Waals surface area (Å²) in [7, 11) is 0. The Morgan fingerprint density at radius 1 is 1.00 bits per heavy atom.